The summed E-state index contributed by atoms with van der Waals surface area (Å²) in [7, 11) is 0. The summed E-state index contributed by atoms with van der Waals surface area (Å²) < 4.78 is 1.80. The number of nitrogens with one attached hydrogen (secondary N) is 1. The Bertz CT molecular complexity index is 501. The molecule has 0 spiro atoms. The summed E-state index contributed by atoms with van der Waals surface area (Å²) in [6, 6.07) is 6.36. The fraction of sp³-hybridized carbons (Fsp3) is 0.273. The molecule has 1 aromatic heterocycles. The maximum absolute atomic E-state index is 4.28. The molecule has 0 aliphatic carbocycles. The van der Waals surface area contributed by atoms with E-state index in [1.165, 1.54) is 11.3 Å². The van der Waals surface area contributed by atoms with Crippen LogP contribution in [0, 0.1) is 6.92 Å². The summed E-state index contributed by atoms with van der Waals surface area (Å²) in [5.74, 6) is 0.795. The van der Waals surface area contributed by atoms with Gasteiger partial charge >= 0.3 is 0 Å². The van der Waals surface area contributed by atoms with E-state index in [-0.39, 0.29) is 0 Å². The monoisotopic (exact) mass is 200 g/mol. The van der Waals surface area contributed by atoms with Gasteiger partial charge in [-0.25, -0.2) is 9.67 Å². The van der Waals surface area contributed by atoms with Crippen molar-refractivity contribution < 1.29 is 0 Å². The van der Waals surface area contributed by atoms with Crippen molar-refractivity contribution in [1.82, 2.24) is 14.8 Å². The summed E-state index contributed by atoms with van der Waals surface area (Å²) >= 11 is 0. The first-order chi connectivity index (χ1) is 7.33. The number of rotatable bonds is 1. The second-order valence-electron chi connectivity index (χ2n) is 3.75. The third-order valence-electron chi connectivity index (χ3n) is 2.67. The number of fused-ring (bicyclic) bond motifs is 1. The molecule has 2 heterocycles. The zero-order valence-electron chi connectivity index (χ0n) is 8.57. The molecule has 3 rings (SSSR count). The van der Waals surface area contributed by atoms with Crippen LogP contribution in [-0.4, -0.2) is 21.3 Å². The van der Waals surface area contributed by atoms with Gasteiger partial charge in [0, 0.05) is 12.2 Å². The number of anilines is 1. The molecule has 0 bridgehead atoms. The SMILES string of the molecule is Cc1ncn(-c2ccc3c(c2)NCC3)n1. The van der Waals surface area contributed by atoms with E-state index < -0.39 is 0 Å². The molecule has 0 amide bonds. The van der Waals surface area contributed by atoms with E-state index in [1.54, 1.807) is 11.0 Å². The highest BCUT2D eigenvalue weighted by molar-refractivity contribution is 5.60. The number of aryl methyl sites for hydroxylation is 1. The van der Waals surface area contributed by atoms with Crippen LogP contribution >= 0.6 is 0 Å². The summed E-state index contributed by atoms with van der Waals surface area (Å²) in [6.07, 6.45) is 2.86. The van der Waals surface area contributed by atoms with E-state index in [2.05, 4.69) is 33.6 Å². The van der Waals surface area contributed by atoms with E-state index in [0.717, 1.165) is 24.5 Å². The third kappa shape index (κ3) is 1.38. The van der Waals surface area contributed by atoms with Gasteiger partial charge in [0.15, 0.2) is 0 Å². The standard InChI is InChI=1S/C11H12N4/c1-8-13-7-15(14-8)10-3-2-9-4-5-12-11(9)6-10/h2-3,6-7,12H,4-5H2,1H3. The molecule has 76 valence electrons. The zero-order valence-corrected chi connectivity index (χ0v) is 8.57. The predicted molar refractivity (Wildman–Crippen MR) is 58.3 cm³/mol. The fourth-order valence-electron chi connectivity index (χ4n) is 1.89. The summed E-state index contributed by atoms with van der Waals surface area (Å²) in [5, 5.41) is 7.64. The van der Waals surface area contributed by atoms with E-state index in [0.29, 0.717) is 0 Å². The Morgan fingerprint density at radius 3 is 3.13 bits per heavy atom. The summed E-state index contributed by atoms with van der Waals surface area (Å²) in [4.78, 5) is 4.12. The van der Waals surface area contributed by atoms with Crippen molar-refractivity contribution in [2.24, 2.45) is 0 Å². The minimum atomic E-state index is 0.795. The lowest BCUT2D eigenvalue weighted by Gasteiger charge is -2.04. The Hall–Kier alpha value is -1.84. The van der Waals surface area contributed by atoms with Crippen LogP contribution in [0.3, 0.4) is 0 Å². The highest BCUT2D eigenvalue weighted by atomic mass is 15.3. The average Bonchev–Trinajstić information content (AvgIpc) is 2.84. The molecule has 2 aromatic rings. The second-order valence-corrected chi connectivity index (χ2v) is 3.75. The molecule has 4 nitrogen and oxygen atoms in total. The zero-order chi connectivity index (χ0) is 10.3. The normalized spacial score (nSPS) is 13.7. The molecule has 0 saturated carbocycles. The van der Waals surface area contributed by atoms with Crippen LogP contribution in [0.5, 0.6) is 0 Å². The number of aromatic nitrogens is 3. The lowest BCUT2D eigenvalue weighted by atomic mass is 10.1. The molecule has 1 aliphatic rings. The maximum atomic E-state index is 4.28. The summed E-state index contributed by atoms with van der Waals surface area (Å²) in [5.41, 5.74) is 3.67. The Kier molecular flexibility index (Phi) is 1.74. The number of benzene rings is 1. The van der Waals surface area contributed by atoms with Crippen LogP contribution in [0.1, 0.15) is 11.4 Å². The van der Waals surface area contributed by atoms with Gasteiger partial charge in [-0.05, 0) is 31.0 Å². The molecule has 0 radical (unpaired) electrons. The van der Waals surface area contributed by atoms with Crippen molar-refractivity contribution in [3.05, 3.63) is 35.9 Å². The van der Waals surface area contributed by atoms with Gasteiger partial charge in [0.2, 0.25) is 0 Å². The molecule has 0 unspecified atom stereocenters. The first-order valence-electron chi connectivity index (χ1n) is 5.08. The molecule has 15 heavy (non-hydrogen) atoms. The predicted octanol–water partition coefficient (Wildman–Crippen LogP) is 1.54. The van der Waals surface area contributed by atoms with Crippen LogP contribution < -0.4 is 5.32 Å². The van der Waals surface area contributed by atoms with Gasteiger partial charge in [0.25, 0.3) is 0 Å². The molecule has 1 N–H and O–H groups in total. The minimum Gasteiger partial charge on any atom is -0.384 e. The van der Waals surface area contributed by atoms with Gasteiger partial charge in [-0.2, -0.15) is 5.10 Å². The number of hydrogen-bond donors (Lipinski definition) is 1. The van der Waals surface area contributed by atoms with Crippen molar-refractivity contribution in [2.75, 3.05) is 11.9 Å². The Balaban J connectivity index is 2.06. The van der Waals surface area contributed by atoms with Crippen LogP contribution in [0.15, 0.2) is 24.5 Å². The van der Waals surface area contributed by atoms with Crippen LogP contribution in [-0.2, 0) is 6.42 Å². The van der Waals surface area contributed by atoms with Crippen LogP contribution in [0.2, 0.25) is 0 Å². The molecule has 0 saturated heterocycles. The molecular weight excluding hydrogens is 188 g/mol. The van der Waals surface area contributed by atoms with Gasteiger partial charge in [-0.15, -0.1) is 0 Å². The van der Waals surface area contributed by atoms with Gasteiger partial charge in [-0.3, -0.25) is 0 Å². The van der Waals surface area contributed by atoms with Gasteiger partial charge < -0.3 is 5.32 Å². The molecule has 4 heteroatoms. The molecule has 0 fully saturated rings. The Labute approximate surface area is 88.0 Å². The molecular formula is C11H12N4. The van der Waals surface area contributed by atoms with Crippen molar-refractivity contribution in [3.63, 3.8) is 0 Å². The topological polar surface area (TPSA) is 42.7 Å². The first-order valence-corrected chi connectivity index (χ1v) is 5.08. The third-order valence-corrected chi connectivity index (χ3v) is 2.67. The number of nitrogens with zero attached hydrogens (tertiary/aromatic N) is 3. The van der Waals surface area contributed by atoms with Gasteiger partial charge in [-0.1, -0.05) is 6.07 Å². The van der Waals surface area contributed by atoms with E-state index in [1.807, 2.05) is 6.92 Å². The molecule has 1 aliphatic heterocycles. The Morgan fingerprint density at radius 1 is 1.40 bits per heavy atom. The van der Waals surface area contributed by atoms with Crippen LogP contribution in [0.4, 0.5) is 5.69 Å². The quantitative estimate of drug-likeness (QED) is 0.759. The van der Waals surface area contributed by atoms with E-state index >= 15 is 0 Å². The van der Waals surface area contributed by atoms with Crippen molar-refractivity contribution >= 4 is 5.69 Å². The van der Waals surface area contributed by atoms with Crippen LogP contribution in [0.25, 0.3) is 5.69 Å². The largest absolute Gasteiger partial charge is 0.384 e. The van der Waals surface area contributed by atoms with E-state index in [4.69, 9.17) is 0 Å². The smallest absolute Gasteiger partial charge is 0.147 e. The van der Waals surface area contributed by atoms with Crippen molar-refractivity contribution in [1.29, 1.82) is 0 Å². The first kappa shape index (κ1) is 8.47. The molecule has 1 aromatic carbocycles. The summed E-state index contributed by atoms with van der Waals surface area (Å²) in [6.45, 7) is 2.93. The van der Waals surface area contributed by atoms with Crippen molar-refractivity contribution in [3.8, 4) is 5.69 Å². The molecule has 0 atom stereocenters. The van der Waals surface area contributed by atoms with E-state index in [9.17, 15) is 0 Å². The fourth-order valence-corrected chi connectivity index (χ4v) is 1.89. The maximum Gasteiger partial charge on any atom is 0.147 e. The van der Waals surface area contributed by atoms with Crippen molar-refractivity contribution in [2.45, 2.75) is 13.3 Å². The highest BCUT2D eigenvalue weighted by Gasteiger charge is 2.10. The Morgan fingerprint density at radius 2 is 2.33 bits per heavy atom. The average molecular weight is 200 g/mol. The highest BCUT2D eigenvalue weighted by Crippen LogP contribution is 2.24. The minimum absolute atomic E-state index is 0.795. The lowest BCUT2D eigenvalue weighted by molar-refractivity contribution is 0.863. The van der Waals surface area contributed by atoms with Gasteiger partial charge in [0.05, 0.1) is 5.69 Å². The second kappa shape index (κ2) is 3.08. The number of hydrogen-bond acceptors (Lipinski definition) is 3. The lowest BCUT2D eigenvalue weighted by Crippen LogP contribution is -1.96. The van der Waals surface area contributed by atoms with Gasteiger partial charge in [0.1, 0.15) is 12.2 Å².